The molecule has 0 aromatic carbocycles. The van der Waals surface area contributed by atoms with Gasteiger partial charge in [0.15, 0.2) is 0 Å². The average molecular weight is 280 g/mol. The summed E-state index contributed by atoms with van der Waals surface area (Å²) in [6, 6.07) is -0.200. The molecule has 1 saturated heterocycles. The molecule has 0 aromatic rings. The summed E-state index contributed by atoms with van der Waals surface area (Å²) in [7, 11) is -0.325. The van der Waals surface area contributed by atoms with E-state index in [4.69, 9.17) is 9.84 Å². The van der Waals surface area contributed by atoms with Crippen LogP contribution in [0.1, 0.15) is 19.8 Å². The topological polar surface area (TPSA) is 70.1 Å². The van der Waals surface area contributed by atoms with Crippen molar-refractivity contribution in [2.24, 2.45) is 5.92 Å². The van der Waals surface area contributed by atoms with Crippen molar-refractivity contribution in [3.05, 3.63) is 0 Å². The number of hydrogen-bond donors (Lipinski definition) is 1. The Bertz CT molecular complexity index is 347. The largest absolute Gasteiger partial charge is 0.396 e. The Morgan fingerprint density at radius 3 is 2.78 bits per heavy atom. The first-order valence-electron chi connectivity index (χ1n) is 6.26. The van der Waals surface area contributed by atoms with Gasteiger partial charge in [0.25, 0.3) is 10.2 Å². The molecule has 2 atom stereocenters. The minimum absolute atomic E-state index is 0.0450. The van der Waals surface area contributed by atoms with Crippen molar-refractivity contribution in [1.82, 2.24) is 8.61 Å². The van der Waals surface area contributed by atoms with E-state index in [0.29, 0.717) is 19.7 Å². The van der Waals surface area contributed by atoms with Crippen LogP contribution >= 0.6 is 0 Å². The van der Waals surface area contributed by atoms with E-state index in [0.717, 1.165) is 12.8 Å². The van der Waals surface area contributed by atoms with Gasteiger partial charge in [-0.3, -0.25) is 0 Å². The molecule has 2 unspecified atom stereocenters. The Morgan fingerprint density at radius 2 is 2.22 bits per heavy atom. The Morgan fingerprint density at radius 1 is 1.56 bits per heavy atom. The molecule has 1 aliphatic rings. The number of likely N-dealkylation sites (N-methyl/N-ethyl adjacent to an activating group) is 1. The van der Waals surface area contributed by atoms with E-state index in [1.165, 1.54) is 8.61 Å². The van der Waals surface area contributed by atoms with E-state index >= 15 is 0 Å². The monoisotopic (exact) mass is 280 g/mol. The smallest absolute Gasteiger partial charge is 0.282 e. The molecule has 0 saturated carbocycles. The summed E-state index contributed by atoms with van der Waals surface area (Å²) in [5.74, 6) is 0.0552. The van der Waals surface area contributed by atoms with Gasteiger partial charge < -0.3 is 9.84 Å². The molecule has 108 valence electrons. The summed E-state index contributed by atoms with van der Waals surface area (Å²) >= 11 is 0. The predicted molar refractivity (Wildman–Crippen MR) is 69.4 cm³/mol. The van der Waals surface area contributed by atoms with Gasteiger partial charge in [0, 0.05) is 39.9 Å². The van der Waals surface area contributed by atoms with Crippen LogP contribution in [-0.2, 0) is 14.9 Å². The van der Waals surface area contributed by atoms with E-state index in [-0.39, 0.29) is 18.6 Å². The third-order valence-corrected chi connectivity index (χ3v) is 5.53. The highest BCUT2D eigenvalue weighted by Crippen LogP contribution is 2.21. The molecule has 1 N–H and O–H groups in total. The molecule has 1 fully saturated rings. The van der Waals surface area contributed by atoms with Crippen molar-refractivity contribution in [1.29, 1.82) is 0 Å². The van der Waals surface area contributed by atoms with Crippen LogP contribution in [0.4, 0.5) is 0 Å². The number of nitrogens with zero attached hydrogens (tertiary/aromatic N) is 2. The Balaban J connectivity index is 2.72. The first-order valence-corrected chi connectivity index (χ1v) is 7.66. The summed E-state index contributed by atoms with van der Waals surface area (Å²) in [5, 5.41) is 9.15. The van der Waals surface area contributed by atoms with Crippen molar-refractivity contribution in [3.8, 4) is 0 Å². The normalized spacial score (nSPS) is 24.4. The molecule has 1 rings (SSSR count). The standard InChI is InChI=1S/C11H24N2O4S/c1-10(9-17-3)12(2)18(15,16)13-6-4-5-11(7-13)8-14/h10-11,14H,4-9H2,1-3H3. The maximum absolute atomic E-state index is 12.4. The zero-order chi connectivity index (χ0) is 13.8. The first-order chi connectivity index (χ1) is 8.43. The molecule has 6 nitrogen and oxygen atoms in total. The van der Waals surface area contributed by atoms with E-state index in [2.05, 4.69) is 0 Å². The molecule has 0 amide bonds. The van der Waals surface area contributed by atoms with Gasteiger partial charge in [-0.15, -0.1) is 0 Å². The number of ether oxygens (including phenoxy) is 1. The summed E-state index contributed by atoms with van der Waals surface area (Å²) in [6.45, 7) is 3.16. The lowest BCUT2D eigenvalue weighted by atomic mass is 10.0. The molecule has 0 bridgehead atoms. The zero-order valence-electron chi connectivity index (χ0n) is 11.4. The summed E-state index contributed by atoms with van der Waals surface area (Å²) in [6.07, 6.45) is 1.69. The molecule has 0 aromatic heterocycles. The van der Waals surface area contributed by atoms with Crippen LogP contribution in [0.25, 0.3) is 0 Å². The highest BCUT2D eigenvalue weighted by Gasteiger charge is 2.33. The van der Waals surface area contributed by atoms with Crippen LogP contribution in [0.3, 0.4) is 0 Å². The number of hydrogen-bond acceptors (Lipinski definition) is 4. The average Bonchev–Trinajstić information content (AvgIpc) is 2.38. The summed E-state index contributed by atoms with van der Waals surface area (Å²) < 4.78 is 32.5. The van der Waals surface area contributed by atoms with Crippen LogP contribution in [0.15, 0.2) is 0 Å². The van der Waals surface area contributed by atoms with Crippen molar-refractivity contribution >= 4 is 10.2 Å². The minimum atomic E-state index is -3.45. The Labute approximate surface area is 110 Å². The number of aliphatic hydroxyl groups excluding tert-OH is 1. The lowest BCUT2D eigenvalue weighted by molar-refractivity contribution is 0.137. The third-order valence-electron chi connectivity index (χ3n) is 3.46. The summed E-state index contributed by atoms with van der Waals surface area (Å²) in [4.78, 5) is 0. The van der Waals surface area contributed by atoms with Crippen molar-refractivity contribution in [2.75, 3.05) is 40.5 Å². The molecule has 18 heavy (non-hydrogen) atoms. The molecule has 7 heteroatoms. The quantitative estimate of drug-likeness (QED) is 0.738. The highest BCUT2D eigenvalue weighted by molar-refractivity contribution is 7.86. The van der Waals surface area contributed by atoms with Gasteiger partial charge in [0.2, 0.25) is 0 Å². The zero-order valence-corrected chi connectivity index (χ0v) is 12.2. The lowest BCUT2D eigenvalue weighted by Crippen LogP contribution is -2.50. The van der Waals surface area contributed by atoms with Gasteiger partial charge in [0.1, 0.15) is 0 Å². The van der Waals surface area contributed by atoms with Gasteiger partial charge in [-0.2, -0.15) is 17.0 Å². The molecular formula is C11H24N2O4S. The molecule has 0 radical (unpaired) electrons. The number of methoxy groups -OCH3 is 1. The van der Waals surface area contributed by atoms with E-state index in [9.17, 15) is 8.42 Å². The molecule has 1 heterocycles. The third kappa shape index (κ3) is 3.64. The number of piperidine rings is 1. The van der Waals surface area contributed by atoms with E-state index < -0.39 is 10.2 Å². The van der Waals surface area contributed by atoms with Crippen molar-refractivity contribution in [3.63, 3.8) is 0 Å². The fourth-order valence-electron chi connectivity index (χ4n) is 2.14. The Kier molecular flexibility index (Phi) is 6.00. The maximum atomic E-state index is 12.4. The van der Waals surface area contributed by atoms with Crippen LogP contribution in [-0.4, -0.2) is 68.6 Å². The van der Waals surface area contributed by atoms with Gasteiger partial charge in [-0.25, -0.2) is 0 Å². The van der Waals surface area contributed by atoms with Crippen LogP contribution < -0.4 is 0 Å². The van der Waals surface area contributed by atoms with Crippen LogP contribution in [0, 0.1) is 5.92 Å². The number of rotatable bonds is 6. The highest BCUT2D eigenvalue weighted by atomic mass is 32.2. The fraction of sp³-hybridized carbons (Fsp3) is 1.00. The van der Waals surface area contributed by atoms with Crippen molar-refractivity contribution in [2.45, 2.75) is 25.8 Å². The Hall–Kier alpha value is -0.210. The van der Waals surface area contributed by atoms with Crippen LogP contribution in [0.2, 0.25) is 0 Å². The van der Waals surface area contributed by atoms with E-state index in [1.807, 2.05) is 6.92 Å². The molecule has 0 spiro atoms. The van der Waals surface area contributed by atoms with Gasteiger partial charge in [-0.05, 0) is 25.7 Å². The van der Waals surface area contributed by atoms with Crippen LogP contribution in [0.5, 0.6) is 0 Å². The first kappa shape index (κ1) is 15.8. The second-order valence-corrected chi connectivity index (χ2v) is 6.87. The van der Waals surface area contributed by atoms with Gasteiger partial charge in [-0.1, -0.05) is 0 Å². The maximum Gasteiger partial charge on any atom is 0.282 e. The minimum Gasteiger partial charge on any atom is -0.396 e. The molecular weight excluding hydrogens is 256 g/mol. The molecule has 0 aliphatic carbocycles. The molecule has 1 aliphatic heterocycles. The number of aliphatic hydroxyl groups is 1. The van der Waals surface area contributed by atoms with Crippen molar-refractivity contribution < 1.29 is 18.3 Å². The fourth-order valence-corrected chi connectivity index (χ4v) is 3.78. The SMILES string of the molecule is COCC(C)N(C)S(=O)(=O)N1CCCC(CO)C1. The lowest BCUT2D eigenvalue weighted by Gasteiger charge is -2.35. The van der Waals surface area contributed by atoms with Gasteiger partial charge >= 0.3 is 0 Å². The second kappa shape index (κ2) is 6.81. The second-order valence-electron chi connectivity index (χ2n) is 4.88. The van der Waals surface area contributed by atoms with Gasteiger partial charge in [0.05, 0.1) is 6.61 Å². The van der Waals surface area contributed by atoms with E-state index in [1.54, 1.807) is 14.2 Å². The predicted octanol–water partition coefficient (Wildman–Crippen LogP) is -0.0978. The summed E-state index contributed by atoms with van der Waals surface area (Å²) in [5.41, 5.74) is 0.